The molecule has 0 unspecified atom stereocenters. The fourth-order valence-electron chi connectivity index (χ4n) is 8.39. The van der Waals surface area contributed by atoms with Crippen LogP contribution < -0.4 is 25.9 Å². The summed E-state index contributed by atoms with van der Waals surface area (Å²) in [6, 6.07) is 50.4. The lowest BCUT2D eigenvalue weighted by Crippen LogP contribution is -2.57. The molecule has 0 saturated carbocycles. The third-order valence-electron chi connectivity index (χ3n) is 10.5. The Morgan fingerprint density at radius 3 is 1.45 bits per heavy atom. The zero-order chi connectivity index (χ0) is 32.4. The van der Waals surface area contributed by atoms with Crippen molar-refractivity contribution in [2.75, 3.05) is 0 Å². The van der Waals surface area contributed by atoms with E-state index >= 15 is 0 Å². The summed E-state index contributed by atoms with van der Waals surface area (Å²) in [6.45, 7) is 4.28. The standard InChI is InChI=1S/C44H29BN2O2/c1-26-16-18-34-40(20-26)48-42-22-29(23-43-44(42)45(34)35-19-17-27(2)21-41(35)49-43)47-37-15-9-7-13-31(37)33-24-38-32(25-39(33)47)30-12-6-8-14-36(30)46(38)28-10-4-3-5-11-28/h3-25H,1-2H3. The molecule has 230 valence electrons. The zero-order valence-corrected chi connectivity index (χ0v) is 27.1. The van der Waals surface area contributed by atoms with E-state index in [0.29, 0.717) is 0 Å². The van der Waals surface area contributed by atoms with Crippen LogP contribution in [0.25, 0.3) is 55.0 Å². The maximum Gasteiger partial charge on any atom is 0.260 e. The highest BCUT2D eigenvalue weighted by atomic mass is 16.5. The van der Waals surface area contributed by atoms with Gasteiger partial charge in [0.05, 0.1) is 27.8 Å². The monoisotopic (exact) mass is 628 g/mol. The predicted octanol–water partition coefficient (Wildman–Crippen LogP) is 9.23. The molecule has 4 nitrogen and oxygen atoms in total. The SMILES string of the molecule is Cc1ccc2c(c1)Oc1cc(-n3c4ccccc4c4cc5c(cc43)c3ccccc3n5-c3ccccc3)cc3c1B2c1ccc(C)cc1O3. The summed E-state index contributed by atoms with van der Waals surface area (Å²) < 4.78 is 18.4. The van der Waals surface area contributed by atoms with E-state index in [9.17, 15) is 0 Å². The molecule has 0 fully saturated rings. The van der Waals surface area contributed by atoms with Crippen molar-refractivity contribution < 1.29 is 9.47 Å². The van der Waals surface area contributed by atoms with Crippen molar-refractivity contribution in [3.05, 3.63) is 151 Å². The highest BCUT2D eigenvalue weighted by molar-refractivity contribution is 6.98. The van der Waals surface area contributed by atoms with Crippen LogP contribution in [0.5, 0.6) is 23.0 Å². The molecule has 11 rings (SSSR count). The van der Waals surface area contributed by atoms with Crippen LogP contribution in [-0.2, 0) is 0 Å². The number of nitrogens with zero attached hydrogens (tertiary/aromatic N) is 2. The molecule has 0 amide bonds. The lowest BCUT2D eigenvalue weighted by Gasteiger charge is -2.33. The van der Waals surface area contributed by atoms with Gasteiger partial charge in [0, 0.05) is 44.8 Å². The van der Waals surface area contributed by atoms with Gasteiger partial charge < -0.3 is 18.6 Å². The molecule has 9 aromatic rings. The largest absolute Gasteiger partial charge is 0.458 e. The van der Waals surface area contributed by atoms with Gasteiger partial charge in [-0.2, -0.15) is 0 Å². The van der Waals surface area contributed by atoms with Crippen molar-refractivity contribution in [3.63, 3.8) is 0 Å². The van der Waals surface area contributed by atoms with Crippen molar-refractivity contribution in [2.45, 2.75) is 13.8 Å². The second kappa shape index (κ2) is 9.68. The Morgan fingerprint density at radius 2 is 0.898 bits per heavy atom. The maximum absolute atomic E-state index is 6.79. The Hall–Kier alpha value is -6.20. The average Bonchev–Trinajstić information content (AvgIpc) is 3.62. The third-order valence-corrected chi connectivity index (χ3v) is 10.5. The molecular weight excluding hydrogens is 599 g/mol. The number of fused-ring (bicyclic) bond motifs is 10. The molecule has 5 heteroatoms. The lowest BCUT2D eigenvalue weighted by atomic mass is 9.35. The van der Waals surface area contributed by atoms with E-state index in [-0.39, 0.29) is 6.71 Å². The Morgan fingerprint density at radius 1 is 0.408 bits per heavy atom. The minimum Gasteiger partial charge on any atom is -0.458 e. The molecule has 2 aromatic heterocycles. The van der Waals surface area contributed by atoms with Crippen LogP contribution >= 0.6 is 0 Å². The Kier molecular flexibility index (Phi) is 5.30. The molecule has 0 spiro atoms. The van der Waals surface area contributed by atoms with Gasteiger partial charge in [0.15, 0.2) is 0 Å². The van der Waals surface area contributed by atoms with Gasteiger partial charge in [-0.3, -0.25) is 0 Å². The van der Waals surface area contributed by atoms with E-state index in [1.807, 2.05) is 0 Å². The fraction of sp³-hybridized carbons (Fsp3) is 0.0455. The van der Waals surface area contributed by atoms with Crippen molar-refractivity contribution in [1.29, 1.82) is 0 Å². The summed E-state index contributed by atoms with van der Waals surface area (Å²) in [6.07, 6.45) is 0. The van der Waals surface area contributed by atoms with Crippen molar-refractivity contribution in [2.24, 2.45) is 0 Å². The van der Waals surface area contributed by atoms with Crippen LogP contribution in [0.2, 0.25) is 0 Å². The van der Waals surface area contributed by atoms with Crippen LogP contribution in [0.4, 0.5) is 0 Å². The van der Waals surface area contributed by atoms with Crippen molar-refractivity contribution >= 4 is 66.7 Å². The van der Waals surface area contributed by atoms with Gasteiger partial charge in [-0.05, 0) is 84.4 Å². The van der Waals surface area contributed by atoms with Gasteiger partial charge in [-0.15, -0.1) is 0 Å². The number of aromatic nitrogens is 2. The highest BCUT2D eigenvalue weighted by Crippen LogP contribution is 2.42. The molecule has 49 heavy (non-hydrogen) atoms. The third kappa shape index (κ3) is 3.70. The van der Waals surface area contributed by atoms with Gasteiger partial charge in [0.1, 0.15) is 23.0 Å². The zero-order valence-electron chi connectivity index (χ0n) is 27.1. The summed E-state index contributed by atoms with van der Waals surface area (Å²) >= 11 is 0. The van der Waals surface area contributed by atoms with Crippen molar-refractivity contribution in [1.82, 2.24) is 9.13 Å². The quantitative estimate of drug-likeness (QED) is 0.179. The van der Waals surface area contributed by atoms with E-state index in [1.54, 1.807) is 0 Å². The first-order chi connectivity index (χ1) is 24.1. The molecule has 0 N–H and O–H groups in total. The predicted molar refractivity (Wildman–Crippen MR) is 202 cm³/mol. The van der Waals surface area contributed by atoms with E-state index < -0.39 is 0 Å². The number of rotatable bonds is 2. The first kappa shape index (κ1) is 26.8. The molecule has 0 atom stereocenters. The second-order valence-electron chi connectivity index (χ2n) is 13.5. The molecular formula is C44H29BN2O2. The number of hydrogen-bond acceptors (Lipinski definition) is 2. The molecule has 4 heterocycles. The van der Waals surface area contributed by atoms with Crippen molar-refractivity contribution in [3.8, 4) is 34.4 Å². The lowest BCUT2D eigenvalue weighted by molar-refractivity contribution is 0.464. The Balaban J connectivity index is 1.22. The van der Waals surface area contributed by atoms with Gasteiger partial charge in [-0.1, -0.05) is 78.9 Å². The summed E-state index contributed by atoms with van der Waals surface area (Å²) in [5.41, 5.74) is 12.6. The van der Waals surface area contributed by atoms with Gasteiger partial charge in [-0.25, -0.2) is 0 Å². The number of para-hydroxylation sites is 3. The second-order valence-corrected chi connectivity index (χ2v) is 13.5. The average molecular weight is 629 g/mol. The minimum absolute atomic E-state index is 0.0367. The molecule has 0 aliphatic carbocycles. The topological polar surface area (TPSA) is 28.3 Å². The van der Waals surface area contributed by atoms with Crippen LogP contribution in [0.15, 0.2) is 140 Å². The van der Waals surface area contributed by atoms with Crippen LogP contribution in [-0.4, -0.2) is 15.8 Å². The van der Waals surface area contributed by atoms with Crippen LogP contribution in [0, 0.1) is 13.8 Å². The Bertz CT molecular complexity index is 2790. The molecule has 0 bridgehead atoms. The van der Waals surface area contributed by atoms with Gasteiger partial charge in [0.25, 0.3) is 6.71 Å². The van der Waals surface area contributed by atoms with E-state index in [4.69, 9.17) is 9.47 Å². The number of aryl methyl sites for hydroxylation is 2. The van der Waals surface area contributed by atoms with Crippen LogP contribution in [0.1, 0.15) is 11.1 Å². The summed E-state index contributed by atoms with van der Waals surface area (Å²) in [5.74, 6) is 3.50. The molecule has 0 radical (unpaired) electrons. The highest BCUT2D eigenvalue weighted by Gasteiger charge is 2.40. The van der Waals surface area contributed by atoms with E-state index in [1.165, 1.54) is 54.6 Å². The molecule has 2 aliphatic rings. The summed E-state index contributed by atoms with van der Waals surface area (Å²) in [4.78, 5) is 0. The smallest absolute Gasteiger partial charge is 0.260 e. The van der Waals surface area contributed by atoms with E-state index in [0.717, 1.165) is 50.9 Å². The molecule has 0 saturated heterocycles. The molecule has 7 aromatic carbocycles. The number of hydrogen-bond donors (Lipinski definition) is 0. The van der Waals surface area contributed by atoms with E-state index in [2.05, 4.69) is 163 Å². The summed E-state index contributed by atoms with van der Waals surface area (Å²) in [5, 5.41) is 4.86. The Labute approximate surface area is 283 Å². The summed E-state index contributed by atoms with van der Waals surface area (Å²) in [7, 11) is 0. The number of benzene rings is 7. The van der Waals surface area contributed by atoms with Gasteiger partial charge >= 0.3 is 0 Å². The van der Waals surface area contributed by atoms with Crippen LogP contribution in [0.3, 0.4) is 0 Å². The molecule has 2 aliphatic heterocycles. The minimum atomic E-state index is 0.0367. The fourth-order valence-corrected chi connectivity index (χ4v) is 8.39. The first-order valence-electron chi connectivity index (χ1n) is 16.9. The normalized spacial score (nSPS) is 13.0. The maximum atomic E-state index is 6.79. The number of ether oxygens (including phenoxy) is 2. The van der Waals surface area contributed by atoms with Gasteiger partial charge in [0.2, 0.25) is 0 Å². The first-order valence-corrected chi connectivity index (χ1v) is 16.9.